The summed E-state index contributed by atoms with van der Waals surface area (Å²) in [7, 11) is 0. The van der Waals surface area contributed by atoms with Gasteiger partial charge in [0.05, 0.1) is 39.6 Å². The van der Waals surface area contributed by atoms with Crippen molar-refractivity contribution in [2.75, 3.05) is 52.9 Å². The van der Waals surface area contributed by atoms with Gasteiger partial charge in [-0.1, -0.05) is 24.3 Å². The van der Waals surface area contributed by atoms with Crippen molar-refractivity contribution in [2.45, 2.75) is 52.7 Å². The number of ether oxygens (including phenoxy) is 6. The zero-order valence-electron chi connectivity index (χ0n) is 21.0. The van der Waals surface area contributed by atoms with Gasteiger partial charge in [-0.2, -0.15) is 0 Å². The van der Waals surface area contributed by atoms with Gasteiger partial charge < -0.3 is 28.4 Å². The van der Waals surface area contributed by atoms with Gasteiger partial charge in [0.25, 0.3) is 0 Å². The summed E-state index contributed by atoms with van der Waals surface area (Å²) in [5.41, 5.74) is 7.35. The molecule has 2 saturated heterocycles. The Balaban J connectivity index is 1.24. The Kier molecular flexibility index (Phi) is 8.84. The molecule has 2 aliphatic rings. The molecule has 0 bridgehead atoms. The van der Waals surface area contributed by atoms with E-state index in [-0.39, 0.29) is 0 Å². The molecule has 0 saturated carbocycles. The van der Waals surface area contributed by atoms with Crippen molar-refractivity contribution in [3.63, 3.8) is 0 Å². The highest BCUT2D eigenvalue weighted by atomic mass is 16.6. The molecule has 4 rings (SSSR count). The standard InChI is InChI=1S/C28H38O6/c1-19-11-23(12-20(2)27(19)31-9-7-29-15-25-17-33-25)5-6-24-13-21(3)28(22(4)14-24)32-10-8-30-16-26-18-34-26/h11-14,25-26H,5-10,15-18H2,1-4H3. The SMILES string of the molecule is Cc1cc(CCc2cc(C)c(OCCOCC3CO3)c(C)c2)cc(C)c1OCCOCC1CO1. The number of hydrogen-bond acceptors (Lipinski definition) is 6. The summed E-state index contributed by atoms with van der Waals surface area (Å²) >= 11 is 0. The topological polar surface area (TPSA) is 62.0 Å². The minimum absolute atomic E-state index is 0.297. The summed E-state index contributed by atoms with van der Waals surface area (Å²) in [5.74, 6) is 1.94. The molecule has 2 fully saturated rings. The maximum Gasteiger partial charge on any atom is 0.125 e. The Morgan fingerprint density at radius 1 is 0.618 bits per heavy atom. The van der Waals surface area contributed by atoms with Gasteiger partial charge in [0, 0.05) is 0 Å². The van der Waals surface area contributed by atoms with Gasteiger partial charge >= 0.3 is 0 Å². The monoisotopic (exact) mass is 470 g/mol. The van der Waals surface area contributed by atoms with E-state index in [9.17, 15) is 0 Å². The average Bonchev–Trinajstić information content (AvgIpc) is 3.71. The lowest BCUT2D eigenvalue weighted by molar-refractivity contribution is 0.0874. The minimum Gasteiger partial charge on any atom is -0.491 e. The lowest BCUT2D eigenvalue weighted by atomic mass is 9.97. The predicted molar refractivity (Wildman–Crippen MR) is 131 cm³/mol. The first kappa shape index (κ1) is 25.0. The molecular weight excluding hydrogens is 432 g/mol. The van der Waals surface area contributed by atoms with Crippen LogP contribution in [0.4, 0.5) is 0 Å². The van der Waals surface area contributed by atoms with Gasteiger partial charge in [0.1, 0.15) is 36.9 Å². The van der Waals surface area contributed by atoms with Crippen molar-refractivity contribution in [3.8, 4) is 11.5 Å². The Labute approximate surface area is 203 Å². The molecule has 0 N–H and O–H groups in total. The van der Waals surface area contributed by atoms with E-state index in [2.05, 4.69) is 52.0 Å². The normalized spacial score (nSPS) is 18.7. The van der Waals surface area contributed by atoms with E-state index in [0.29, 0.717) is 51.8 Å². The summed E-state index contributed by atoms with van der Waals surface area (Å²) in [6.07, 6.45) is 2.57. The molecule has 2 heterocycles. The molecule has 2 aromatic carbocycles. The number of epoxide rings is 2. The lowest BCUT2D eigenvalue weighted by Gasteiger charge is -2.16. The van der Waals surface area contributed by atoms with Crippen molar-refractivity contribution in [1.29, 1.82) is 0 Å². The van der Waals surface area contributed by atoms with Crippen LogP contribution < -0.4 is 9.47 Å². The molecule has 2 aromatic rings. The minimum atomic E-state index is 0.297. The first-order chi connectivity index (χ1) is 16.5. The zero-order chi connectivity index (χ0) is 23.9. The van der Waals surface area contributed by atoms with E-state index in [1.807, 2.05) is 0 Å². The quantitative estimate of drug-likeness (QED) is 0.286. The molecule has 34 heavy (non-hydrogen) atoms. The van der Waals surface area contributed by atoms with E-state index in [4.69, 9.17) is 28.4 Å². The maximum absolute atomic E-state index is 6.00. The van der Waals surface area contributed by atoms with Crippen molar-refractivity contribution in [1.82, 2.24) is 0 Å². The second kappa shape index (κ2) is 12.0. The van der Waals surface area contributed by atoms with Crippen molar-refractivity contribution in [2.24, 2.45) is 0 Å². The van der Waals surface area contributed by atoms with E-state index >= 15 is 0 Å². The number of benzene rings is 2. The van der Waals surface area contributed by atoms with Gasteiger partial charge in [-0.05, 0) is 73.9 Å². The highest BCUT2D eigenvalue weighted by Crippen LogP contribution is 2.28. The molecule has 6 heteroatoms. The van der Waals surface area contributed by atoms with E-state index in [1.165, 1.54) is 33.4 Å². The Morgan fingerprint density at radius 3 is 1.29 bits per heavy atom. The first-order valence-electron chi connectivity index (χ1n) is 12.3. The van der Waals surface area contributed by atoms with Crippen LogP contribution in [-0.4, -0.2) is 65.1 Å². The van der Waals surface area contributed by atoms with Crippen LogP contribution in [0.15, 0.2) is 24.3 Å². The molecule has 186 valence electrons. The van der Waals surface area contributed by atoms with Crippen LogP contribution in [-0.2, 0) is 31.8 Å². The summed E-state index contributed by atoms with van der Waals surface area (Å²) in [5, 5.41) is 0. The van der Waals surface area contributed by atoms with E-state index in [1.54, 1.807) is 0 Å². The van der Waals surface area contributed by atoms with Crippen LogP contribution in [0.1, 0.15) is 33.4 Å². The van der Waals surface area contributed by atoms with Crippen LogP contribution in [0, 0.1) is 27.7 Å². The fourth-order valence-corrected chi connectivity index (χ4v) is 4.28. The molecule has 2 aliphatic heterocycles. The molecule has 2 atom stereocenters. The highest BCUT2D eigenvalue weighted by Gasteiger charge is 2.22. The summed E-state index contributed by atoms with van der Waals surface area (Å²) in [6.45, 7) is 13.7. The van der Waals surface area contributed by atoms with Crippen LogP contribution in [0.5, 0.6) is 11.5 Å². The first-order valence-corrected chi connectivity index (χ1v) is 12.3. The maximum atomic E-state index is 6.00. The second-order valence-corrected chi connectivity index (χ2v) is 9.37. The van der Waals surface area contributed by atoms with Crippen molar-refractivity contribution < 1.29 is 28.4 Å². The fraction of sp³-hybridized carbons (Fsp3) is 0.571. The van der Waals surface area contributed by atoms with E-state index in [0.717, 1.165) is 37.6 Å². The third-order valence-electron chi connectivity index (χ3n) is 6.10. The van der Waals surface area contributed by atoms with Crippen LogP contribution >= 0.6 is 0 Å². The molecule has 0 aliphatic carbocycles. The Morgan fingerprint density at radius 2 is 0.971 bits per heavy atom. The Hall–Kier alpha value is -2.12. The summed E-state index contributed by atoms with van der Waals surface area (Å²) in [6, 6.07) is 8.96. The van der Waals surface area contributed by atoms with Crippen LogP contribution in [0.25, 0.3) is 0 Å². The van der Waals surface area contributed by atoms with Crippen molar-refractivity contribution in [3.05, 3.63) is 57.6 Å². The zero-order valence-corrected chi connectivity index (χ0v) is 21.0. The van der Waals surface area contributed by atoms with Gasteiger partial charge in [0.15, 0.2) is 0 Å². The summed E-state index contributed by atoms with van der Waals surface area (Å²) in [4.78, 5) is 0. The number of aryl methyl sites for hydroxylation is 6. The third-order valence-corrected chi connectivity index (χ3v) is 6.10. The van der Waals surface area contributed by atoms with Gasteiger partial charge in [-0.3, -0.25) is 0 Å². The van der Waals surface area contributed by atoms with Crippen LogP contribution in [0.3, 0.4) is 0 Å². The number of rotatable bonds is 15. The Bertz CT molecular complexity index is 824. The van der Waals surface area contributed by atoms with Crippen molar-refractivity contribution >= 4 is 0 Å². The molecule has 0 radical (unpaired) electrons. The predicted octanol–water partition coefficient (Wildman–Crippen LogP) is 4.29. The lowest BCUT2D eigenvalue weighted by Crippen LogP contribution is -2.11. The van der Waals surface area contributed by atoms with Crippen LogP contribution in [0.2, 0.25) is 0 Å². The van der Waals surface area contributed by atoms with Gasteiger partial charge in [-0.15, -0.1) is 0 Å². The molecule has 0 amide bonds. The molecule has 0 aromatic heterocycles. The highest BCUT2D eigenvalue weighted by molar-refractivity contribution is 5.45. The number of hydrogen-bond donors (Lipinski definition) is 0. The molecular formula is C28H38O6. The molecule has 2 unspecified atom stereocenters. The van der Waals surface area contributed by atoms with Gasteiger partial charge in [-0.25, -0.2) is 0 Å². The fourth-order valence-electron chi connectivity index (χ4n) is 4.28. The molecule has 0 spiro atoms. The van der Waals surface area contributed by atoms with E-state index < -0.39 is 0 Å². The largest absolute Gasteiger partial charge is 0.491 e. The second-order valence-electron chi connectivity index (χ2n) is 9.37. The smallest absolute Gasteiger partial charge is 0.125 e. The third kappa shape index (κ3) is 7.70. The van der Waals surface area contributed by atoms with Gasteiger partial charge in [0.2, 0.25) is 0 Å². The summed E-state index contributed by atoms with van der Waals surface area (Å²) < 4.78 is 33.4. The molecule has 6 nitrogen and oxygen atoms in total. The average molecular weight is 471 g/mol.